The molecular formula is C12H12INO2. The number of benzene rings is 1. The molecule has 0 saturated carbocycles. The van der Waals surface area contributed by atoms with Gasteiger partial charge in [-0.15, -0.1) is 0 Å². The van der Waals surface area contributed by atoms with Crippen molar-refractivity contribution in [1.29, 1.82) is 0 Å². The van der Waals surface area contributed by atoms with E-state index in [-0.39, 0.29) is 5.91 Å². The molecule has 4 heteroatoms. The molecule has 1 heterocycles. The number of rotatable bonds is 2. The molecular weight excluding hydrogens is 317 g/mol. The van der Waals surface area contributed by atoms with Gasteiger partial charge in [-0.25, -0.2) is 0 Å². The highest BCUT2D eigenvalue weighted by Crippen LogP contribution is 2.34. The summed E-state index contributed by atoms with van der Waals surface area (Å²) in [7, 11) is 0. The Hall–Kier alpha value is -0.880. The zero-order valence-electron chi connectivity index (χ0n) is 8.85. The van der Waals surface area contributed by atoms with Crippen LogP contribution in [-0.2, 0) is 11.3 Å². The molecule has 0 unspecified atom stereocenters. The van der Waals surface area contributed by atoms with Crippen LogP contribution in [0.1, 0.15) is 12.5 Å². The van der Waals surface area contributed by atoms with Crippen molar-refractivity contribution in [3.8, 4) is 0 Å². The zero-order chi connectivity index (χ0) is 11.8. The van der Waals surface area contributed by atoms with Gasteiger partial charge >= 0.3 is 0 Å². The smallest absolute Gasteiger partial charge is 0.250 e. The molecule has 84 valence electrons. The molecule has 0 aliphatic carbocycles. The van der Waals surface area contributed by atoms with E-state index in [1.165, 1.54) is 11.0 Å². The van der Waals surface area contributed by atoms with Crippen LogP contribution in [0.5, 0.6) is 0 Å². The second-order valence-corrected chi connectivity index (χ2v) is 5.09. The van der Waals surface area contributed by atoms with E-state index in [1.54, 1.807) is 6.92 Å². The van der Waals surface area contributed by atoms with Crippen LogP contribution in [0.15, 0.2) is 40.0 Å². The van der Waals surface area contributed by atoms with Crippen LogP contribution in [-0.4, -0.2) is 21.6 Å². The van der Waals surface area contributed by atoms with Gasteiger partial charge in [-0.05, 0) is 35.1 Å². The van der Waals surface area contributed by atoms with E-state index in [1.807, 2.05) is 52.9 Å². The molecule has 1 N–H and O–H groups in total. The van der Waals surface area contributed by atoms with Crippen LogP contribution in [0, 0.1) is 0 Å². The number of hydrogen-bond acceptors (Lipinski definition) is 2. The monoisotopic (exact) mass is 329 g/mol. The molecule has 0 spiro atoms. The van der Waals surface area contributed by atoms with E-state index >= 15 is 0 Å². The van der Waals surface area contributed by atoms with Crippen molar-refractivity contribution < 1.29 is 9.90 Å². The van der Waals surface area contributed by atoms with Crippen LogP contribution in [0.25, 0.3) is 0 Å². The molecule has 2 rings (SSSR count). The summed E-state index contributed by atoms with van der Waals surface area (Å²) in [6, 6.07) is 9.64. The lowest BCUT2D eigenvalue weighted by Gasteiger charge is -2.31. The summed E-state index contributed by atoms with van der Waals surface area (Å²) in [5, 5.41) is 10.2. The van der Waals surface area contributed by atoms with Crippen molar-refractivity contribution in [3.63, 3.8) is 0 Å². The Morgan fingerprint density at radius 1 is 1.38 bits per heavy atom. The third-order valence-corrected chi connectivity index (χ3v) is 4.01. The molecule has 1 aromatic carbocycles. The lowest BCUT2D eigenvalue weighted by molar-refractivity contribution is -0.140. The first-order valence-electron chi connectivity index (χ1n) is 4.97. The minimum absolute atomic E-state index is 0.141. The lowest BCUT2D eigenvalue weighted by Crippen LogP contribution is -2.44. The Morgan fingerprint density at radius 2 is 2.00 bits per heavy atom. The van der Waals surface area contributed by atoms with Crippen LogP contribution < -0.4 is 0 Å². The average molecular weight is 329 g/mol. The highest BCUT2D eigenvalue weighted by molar-refractivity contribution is 14.1. The van der Waals surface area contributed by atoms with E-state index in [2.05, 4.69) is 0 Å². The SMILES string of the molecule is C[C@@]1(O)C(I)=CC(=O)N1Cc1ccccc1. The maximum Gasteiger partial charge on any atom is 0.250 e. The third-order valence-electron chi connectivity index (χ3n) is 2.68. The maximum absolute atomic E-state index is 11.7. The van der Waals surface area contributed by atoms with Crippen LogP contribution in [0.2, 0.25) is 0 Å². The highest BCUT2D eigenvalue weighted by Gasteiger charge is 2.40. The van der Waals surface area contributed by atoms with Gasteiger partial charge in [0.15, 0.2) is 5.72 Å². The number of aliphatic hydroxyl groups is 1. The van der Waals surface area contributed by atoms with Crippen LogP contribution >= 0.6 is 22.6 Å². The van der Waals surface area contributed by atoms with Crippen molar-refractivity contribution in [2.24, 2.45) is 0 Å². The van der Waals surface area contributed by atoms with Gasteiger partial charge < -0.3 is 10.0 Å². The molecule has 0 fully saturated rings. The zero-order valence-corrected chi connectivity index (χ0v) is 11.0. The molecule has 16 heavy (non-hydrogen) atoms. The van der Waals surface area contributed by atoms with Gasteiger partial charge in [0.2, 0.25) is 5.91 Å². The van der Waals surface area contributed by atoms with E-state index in [0.29, 0.717) is 10.1 Å². The van der Waals surface area contributed by atoms with Gasteiger partial charge in [0.25, 0.3) is 0 Å². The fourth-order valence-corrected chi connectivity index (χ4v) is 2.22. The van der Waals surface area contributed by atoms with Gasteiger partial charge in [-0.3, -0.25) is 4.79 Å². The topological polar surface area (TPSA) is 40.5 Å². The largest absolute Gasteiger partial charge is 0.366 e. The summed E-state index contributed by atoms with van der Waals surface area (Å²) in [5.41, 5.74) is -0.163. The summed E-state index contributed by atoms with van der Waals surface area (Å²) in [6.45, 7) is 2.06. The third kappa shape index (κ3) is 1.99. The molecule has 0 aromatic heterocycles. The van der Waals surface area contributed by atoms with Crippen molar-refractivity contribution in [1.82, 2.24) is 4.90 Å². The Kier molecular flexibility index (Phi) is 3.03. The Balaban J connectivity index is 2.21. The predicted molar refractivity (Wildman–Crippen MR) is 69.7 cm³/mol. The molecule has 1 aliphatic rings. The number of halogens is 1. The van der Waals surface area contributed by atoms with Crippen LogP contribution in [0.4, 0.5) is 0 Å². The number of carbonyl (C=O) groups is 1. The van der Waals surface area contributed by atoms with Crippen molar-refractivity contribution in [3.05, 3.63) is 45.6 Å². The Morgan fingerprint density at radius 3 is 2.50 bits per heavy atom. The normalized spacial score (nSPS) is 24.8. The minimum atomic E-state index is -1.17. The average Bonchev–Trinajstić information content (AvgIpc) is 2.43. The van der Waals surface area contributed by atoms with Gasteiger partial charge in [0, 0.05) is 16.2 Å². The van der Waals surface area contributed by atoms with Gasteiger partial charge in [0.1, 0.15) is 0 Å². The quantitative estimate of drug-likeness (QED) is 0.844. The fraction of sp³-hybridized carbons (Fsp3) is 0.250. The molecule has 1 aromatic rings. The lowest BCUT2D eigenvalue weighted by atomic mass is 10.2. The van der Waals surface area contributed by atoms with E-state index in [9.17, 15) is 9.90 Å². The predicted octanol–water partition coefficient (Wildman–Crippen LogP) is 2.06. The molecule has 1 amide bonds. The van der Waals surface area contributed by atoms with Crippen molar-refractivity contribution >= 4 is 28.5 Å². The standard InChI is InChI=1S/C12H12INO2/c1-12(16)10(13)7-11(15)14(12)8-9-5-3-2-4-6-9/h2-7,16H,8H2,1H3/t12-/m1/s1. The first-order chi connectivity index (χ1) is 7.51. The first kappa shape index (κ1) is 11.6. The number of nitrogens with zero attached hydrogens (tertiary/aromatic N) is 1. The fourth-order valence-electron chi connectivity index (χ4n) is 1.66. The molecule has 0 radical (unpaired) electrons. The minimum Gasteiger partial charge on any atom is -0.366 e. The van der Waals surface area contributed by atoms with E-state index in [0.717, 1.165) is 5.56 Å². The summed E-state index contributed by atoms with van der Waals surface area (Å²) in [6.07, 6.45) is 1.48. The second kappa shape index (κ2) is 4.18. The second-order valence-electron chi connectivity index (χ2n) is 3.92. The molecule has 1 aliphatic heterocycles. The van der Waals surface area contributed by atoms with Gasteiger partial charge in [-0.1, -0.05) is 30.3 Å². The summed E-state index contributed by atoms with van der Waals surface area (Å²) in [5.74, 6) is -0.141. The summed E-state index contributed by atoms with van der Waals surface area (Å²) >= 11 is 2.00. The Labute approximate surface area is 108 Å². The molecule has 1 atom stereocenters. The maximum atomic E-state index is 11.7. The summed E-state index contributed by atoms with van der Waals surface area (Å²) < 4.78 is 0.658. The van der Waals surface area contributed by atoms with E-state index in [4.69, 9.17) is 0 Å². The molecule has 0 saturated heterocycles. The number of amides is 1. The van der Waals surface area contributed by atoms with Gasteiger partial charge in [0.05, 0.1) is 0 Å². The van der Waals surface area contributed by atoms with Crippen LogP contribution in [0.3, 0.4) is 0 Å². The Bertz CT molecular complexity index is 440. The number of hydrogen-bond donors (Lipinski definition) is 1. The van der Waals surface area contributed by atoms with E-state index < -0.39 is 5.72 Å². The first-order valence-corrected chi connectivity index (χ1v) is 6.05. The van der Waals surface area contributed by atoms with Crippen molar-refractivity contribution in [2.45, 2.75) is 19.2 Å². The summed E-state index contributed by atoms with van der Waals surface area (Å²) in [4.78, 5) is 13.2. The highest BCUT2D eigenvalue weighted by atomic mass is 127. The van der Waals surface area contributed by atoms with Crippen molar-refractivity contribution in [2.75, 3.05) is 0 Å². The molecule has 3 nitrogen and oxygen atoms in total. The number of carbonyl (C=O) groups excluding carboxylic acids is 1. The van der Waals surface area contributed by atoms with Gasteiger partial charge in [-0.2, -0.15) is 0 Å². The molecule has 0 bridgehead atoms.